The molecule has 1 aromatic heterocycles. The molecule has 0 aliphatic heterocycles. The fourth-order valence-corrected chi connectivity index (χ4v) is 0.842. The maximum atomic E-state index is 5.32. The highest BCUT2D eigenvalue weighted by Gasteiger charge is 1.90. The molecule has 0 unspecified atom stereocenters. The quantitative estimate of drug-likeness (QED) is 0.819. The van der Waals surface area contributed by atoms with Crippen LogP contribution in [0.3, 0.4) is 0 Å². The van der Waals surface area contributed by atoms with E-state index in [-0.39, 0.29) is 24.8 Å². The van der Waals surface area contributed by atoms with Crippen LogP contribution in [0.4, 0.5) is 5.82 Å². The second-order valence-corrected chi connectivity index (χ2v) is 2.38. The smallest absolute Gasteiger partial charge is 0.126 e. The van der Waals surface area contributed by atoms with E-state index in [1.807, 2.05) is 25.1 Å². The number of hydrogen-bond donors (Lipinski definition) is 2. The molecule has 0 radical (unpaired) electrons. The molecule has 5 heteroatoms. The summed E-state index contributed by atoms with van der Waals surface area (Å²) in [5, 5.41) is 3.10. The number of nitrogens with two attached hydrogens (primary N) is 1. The van der Waals surface area contributed by atoms with Crippen molar-refractivity contribution in [1.82, 2.24) is 4.98 Å². The third-order valence-electron chi connectivity index (χ3n) is 1.34. The molecule has 3 N–H and O–H groups in total. The van der Waals surface area contributed by atoms with E-state index >= 15 is 0 Å². The number of halogens is 2. The summed E-state index contributed by atoms with van der Waals surface area (Å²) in [7, 11) is 0. The summed E-state index contributed by atoms with van der Waals surface area (Å²) < 4.78 is 0. The van der Waals surface area contributed by atoms with Gasteiger partial charge in [-0.3, -0.25) is 0 Å². The minimum Gasteiger partial charge on any atom is -0.369 e. The topological polar surface area (TPSA) is 50.9 Å². The number of aromatic nitrogens is 1. The Hall–Kier alpha value is -0.510. The molecule has 1 aromatic rings. The van der Waals surface area contributed by atoms with Gasteiger partial charge in [0.2, 0.25) is 0 Å². The second-order valence-electron chi connectivity index (χ2n) is 2.38. The SMILES string of the molecule is Cc1cccc(NCCN)n1.Cl.Cl. The minimum atomic E-state index is 0. The molecule has 1 rings (SSSR count). The van der Waals surface area contributed by atoms with Gasteiger partial charge in [0.05, 0.1) is 0 Å². The summed E-state index contributed by atoms with van der Waals surface area (Å²) in [6.07, 6.45) is 0. The third-order valence-corrected chi connectivity index (χ3v) is 1.34. The molecule has 0 aliphatic carbocycles. The number of nitrogens with zero attached hydrogens (tertiary/aromatic N) is 1. The van der Waals surface area contributed by atoms with Crippen LogP contribution in [0.5, 0.6) is 0 Å². The van der Waals surface area contributed by atoms with Crippen LogP contribution < -0.4 is 11.1 Å². The Kier molecular flexibility index (Phi) is 9.34. The monoisotopic (exact) mass is 223 g/mol. The molecule has 76 valence electrons. The van der Waals surface area contributed by atoms with Crippen LogP contribution in [-0.2, 0) is 0 Å². The van der Waals surface area contributed by atoms with Crippen molar-refractivity contribution >= 4 is 30.6 Å². The van der Waals surface area contributed by atoms with Gasteiger partial charge in [-0.05, 0) is 19.1 Å². The molecular weight excluding hydrogens is 209 g/mol. The highest BCUT2D eigenvalue weighted by Crippen LogP contribution is 2.02. The average molecular weight is 224 g/mol. The van der Waals surface area contributed by atoms with E-state index in [2.05, 4.69) is 10.3 Å². The first-order valence-corrected chi connectivity index (χ1v) is 3.70. The van der Waals surface area contributed by atoms with Gasteiger partial charge in [0.25, 0.3) is 0 Å². The fraction of sp³-hybridized carbons (Fsp3) is 0.375. The maximum Gasteiger partial charge on any atom is 0.126 e. The van der Waals surface area contributed by atoms with E-state index in [1.165, 1.54) is 0 Å². The first-order valence-electron chi connectivity index (χ1n) is 3.70. The molecule has 1 heterocycles. The Bertz CT molecular complexity index is 230. The zero-order chi connectivity index (χ0) is 8.10. The first-order chi connectivity index (χ1) is 5.33. The molecule has 0 saturated carbocycles. The van der Waals surface area contributed by atoms with Gasteiger partial charge < -0.3 is 11.1 Å². The molecular formula is C8H15Cl2N3. The molecule has 0 fully saturated rings. The predicted molar refractivity (Wildman–Crippen MR) is 61.0 cm³/mol. The molecule has 0 atom stereocenters. The van der Waals surface area contributed by atoms with Crippen LogP contribution in [0.1, 0.15) is 5.69 Å². The van der Waals surface area contributed by atoms with E-state index in [0.717, 1.165) is 18.1 Å². The van der Waals surface area contributed by atoms with Crippen LogP contribution in [0.25, 0.3) is 0 Å². The van der Waals surface area contributed by atoms with Crippen molar-refractivity contribution < 1.29 is 0 Å². The van der Waals surface area contributed by atoms with Crippen molar-refractivity contribution in [3.05, 3.63) is 23.9 Å². The Balaban J connectivity index is 0. The Morgan fingerprint density at radius 2 is 2.08 bits per heavy atom. The minimum absolute atomic E-state index is 0. The summed E-state index contributed by atoms with van der Waals surface area (Å²) in [6.45, 7) is 3.37. The lowest BCUT2D eigenvalue weighted by Crippen LogP contribution is -2.13. The lowest BCUT2D eigenvalue weighted by molar-refractivity contribution is 1.01. The number of nitrogens with one attached hydrogen (secondary N) is 1. The highest BCUT2D eigenvalue weighted by molar-refractivity contribution is 5.85. The number of hydrogen-bond acceptors (Lipinski definition) is 3. The van der Waals surface area contributed by atoms with Gasteiger partial charge in [-0.1, -0.05) is 6.07 Å². The molecule has 0 bridgehead atoms. The normalized spacial score (nSPS) is 8.15. The van der Waals surface area contributed by atoms with Crippen molar-refractivity contribution in [2.75, 3.05) is 18.4 Å². The van der Waals surface area contributed by atoms with Crippen molar-refractivity contribution in [3.63, 3.8) is 0 Å². The van der Waals surface area contributed by atoms with Crippen molar-refractivity contribution in [2.24, 2.45) is 5.73 Å². The zero-order valence-electron chi connectivity index (χ0n) is 7.49. The van der Waals surface area contributed by atoms with Crippen LogP contribution >= 0.6 is 24.8 Å². The standard InChI is InChI=1S/C8H13N3.2ClH/c1-7-3-2-4-8(11-7)10-6-5-9;;/h2-4H,5-6,9H2,1H3,(H,10,11);2*1H. The predicted octanol–water partition coefficient (Wildman–Crippen LogP) is 1.60. The number of pyridine rings is 1. The molecule has 3 nitrogen and oxygen atoms in total. The summed E-state index contributed by atoms with van der Waals surface area (Å²) in [5.74, 6) is 0.899. The molecule has 0 aliphatic rings. The molecule has 0 saturated heterocycles. The lowest BCUT2D eigenvalue weighted by atomic mass is 10.4. The van der Waals surface area contributed by atoms with E-state index in [9.17, 15) is 0 Å². The second kappa shape index (κ2) is 8.10. The number of rotatable bonds is 3. The van der Waals surface area contributed by atoms with E-state index in [4.69, 9.17) is 5.73 Å². The van der Waals surface area contributed by atoms with Gasteiger partial charge in [0.1, 0.15) is 5.82 Å². The molecule has 0 spiro atoms. The van der Waals surface area contributed by atoms with Gasteiger partial charge in [-0.25, -0.2) is 4.98 Å². The Morgan fingerprint density at radius 1 is 1.38 bits per heavy atom. The summed E-state index contributed by atoms with van der Waals surface area (Å²) in [6, 6.07) is 5.87. The molecule has 13 heavy (non-hydrogen) atoms. The van der Waals surface area contributed by atoms with E-state index < -0.39 is 0 Å². The molecule has 0 amide bonds. The van der Waals surface area contributed by atoms with Crippen molar-refractivity contribution in [2.45, 2.75) is 6.92 Å². The van der Waals surface area contributed by atoms with E-state index in [0.29, 0.717) is 6.54 Å². The summed E-state index contributed by atoms with van der Waals surface area (Å²) in [5.41, 5.74) is 6.34. The largest absolute Gasteiger partial charge is 0.369 e. The number of anilines is 1. The Morgan fingerprint density at radius 3 is 2.62 bits per heavy atom. The van der Waals surface area contributed by atoms with Gasteiger partial charge in [0, 0.05) is 18.8 Å². The third kappa shape index (κ3) is 5.69. The molecule has 0 aromatic carbocycles. The Labute approximate surface area is 90.9 Å². The van der Waals surface area contributed by atoms with Gasteiger partial charge in [0.15, 0.2) is 0 Å². The fourth-order valence-electron chi connectivity index (χ4n) is 0.842. The average Bonchev–Trinajstić information content (AvgIpc) is 2.01. The van der Waals surface area contributed by atoms with Gasteiger partial charge >= 0.3 is 0 Å². The van der Waals surface area contributed by atoms with Crippen LogP contribution in [-0.4, -0.2) is 18.1 Å². The van der Waals surface area contributed by atoms with Crippen LogP contribution in [0.2, 0.25) is 0 Å². The van der Waals surface area contributed by atoms with Crippen molar-refractivity contribution in [1.29, 1.82) is 0 Å². The summed E-state index contributed by atoms with van der Waals surface area (Å²) >= 11 is 0. The number of aryl methyl sites for hydroxylation is 1. The zero-order valence-corrected chi connectivity index (χ0v) is 9.12. The lowest BCUT2D eigenvalue weighted by Gasteiger charge is -2.02. The maximum absolute atomic E-state index is 5.32. The summed E-state index contributed by atoms with van der Waals surface area (Å²) in [4.78, 5) is 4.24. The van der Waals surface area contributed by atoms with Gasteiger partial charge in [-0.2, -0.15) is 0 Å². The van der Waals surface area contributed by atoms with E-state index in [1.54, 1.807) is 0 Å². The highest BCUT2D eigenvalue weighted by atomic mass is 35.5. The van der Waals surface area contributed by atoms with Crippen LogP contribution in [0.15, 0.2) is 18.2 Å². The van der Waals surface area contributed by atoms with Crippen molar-refractivity contribution in [3.8, 4) is 0 Å². The first kappa shape index (κ1) is 15.0. The van der Waals surface area contributed by atoms with Crippen LogP contribution in [0, 0.1) is 6.92 Å². The van der Waals surface area contributed by atoms with Gasteiger partial charge in [-0.15, -0.1) is 24.8 Å².